The second-order valence-corrected chi connectivity index (χ2v) is 6.11. The zero-order chi connectivity index (χ0) is 18.1. The molecule has 3 aromatic rings. The summed E-state index contributed by atoms with van der Waals surface area (Å²) in [7, 11) is 0. The minimum absolute atomic E-state index is 0.227. The number of rotatable bonds is 2. The first-order valence-corrected chi connectivity index (χ1v) is 8.36. The number of anilines is 1. The molecule has 1 aromatic heterocycles. The number of nitrogens with zero attached hydrogens (tertiary/aromatic N) is 4. The number of halogens is 1. The van der Waals surface area contributed by atoms with Crippen molar-refractivity contribution in [3.63, 3.8) is 0 Å². The molecular weight excluding hydrogens is 335 g/mol. The predicted molar refractivity (Wildman–Crippen MR) is 94.3 cm³/mol. The molecule has 132 valence electrons. The third-order valence-corrected chi connectivity index (χ3v) is 4.30. The van der Waals surface area contributed by atoms with Crippen molar-refractivity contribution >= 4 is 11.6 Å². The molecule has 4 rings (SSSR count). The van der Waals surface area contributed by atoms with E-state index in [1.807, 2.05) is 24.3 Å². The second kappa shape index (κ2) is 6.59. The van der Waals surface area contributed by atoms with Crippen LogP contribution in [0.1, 0.15) is 22.5 Å². The number of carbonyl (C=O) groups excluding carboxylic acids is 1. The van der Waals surface area contributed by atoms with Crippen LogP contribution >= 0.6 is 0 Å². The van der Waals surface area contributed by atoms with Crippen LogP contribution in [0.25, 0.3) is 5.69 Å². The Bertz CT molecular complexity index is 970. The summed E-state index contributed by atoms with van der Waals surface area (Å²) in [5.41, 5.74) is 2.34. The third-order valence-electron chi connectivity index (χ3n) is 4.30. The van der Waals surface area contributed by atoms with Gasteiger partial charge in [-0.25, -0.2) is 9.07 Å². The molecule has 1 aliphatic rings. The molecule has 0 saturated heterocycles. The fourth-order valence-corrected chi connectivity index (χ4v) is 3.03. The van der Waals surface area contributed by atoms with Gasteiger partial charge in [0.05, 0.1) is 24.2 Å². The van der Waals surface area contributed by atoms with Crippen LogP contribution < -0.4 is 9.64 Å². The van der Waals surface area contributed by atoms with Gasteiger partial charge in [0, 0.05) is 6.54 Å². The van der Waals surface area contributed by atoms with Gasteiger partial charge in [0.2, 0.25) is 0 Å². The molecule has 0 fully saturated rings. The van der Waals surface area contributed by atoms with Gasteiger partial charge in [0.1, 0.15) is 11.6 Å². The zero-order valence-corrected chi connectivity index (χ0v) is 14.2. The van der Waals surface area contributed by atoms with Crippen molar-refractivity contribution in [1.82, 2.24) is 15.0 Å². The van der Waals surface area contributed by atoms with Crippen molar-refractivity contribution in [2.24, 2.45) is 0 Å². The number of hydrogen-bond acceptors (Lipinski definition) is 4. The molecule has 2 heterocycles. The maximum Gasteiger partial charge on any atom is 0.280 e. The van der Waals surface area contributed by atoms with Crippen molar-refractivity contribution in [3.8, 4) is 11.4 Å². The molecule has 0 bridgehead atoms. The number of ether oxygens (including phenoxy) is 1. The highest BCUT2D eigenvalue weighted by Crippen LogP contribution is 2.31. The fourth-order valence-electron chi connectivity index (χ4n) is 3.03. The van der Waals surface area contributed by atoms with Gasteiger partial charge in [-0.1, -0.05) is 17.3 Å². The topological polar surface area (TPSA) is 60.2 Å². The number of benzene rings is 2. The van der Waals surface area contributed by atoms with Gasteiger partial charge in [0.25, 0.3) is 5.91 Å². The van der Waals surface area contributed by atoms with E-state index in [-0.39, 0.29) is 17.4 Å². The van der Waals surface area contributed by atoms with Crippen molar-refractivity contribution < 1.29 is 13.9 Å². The number of fused-ring (bicyclic) bond motifs is 1. The van der Waals surface area contributed by atoms with Crippen molar-refractivity contribution in [2.45, 2.75) is 13.3 Å². The number of aryl methyl sites for hydroxylation is 1. The Hall–Kier alpha value is -3.22. The molecule has 0 aliphatic carbocycles. The normalized spacial score (nSPS) is 13.7. The molecule has 1 amide bonds. The van der Waals surface area contributed by atoms with Crippen molar-refractivity contribution in [2.75, 3.05) is 18.1 Å². The smallest absolute Gasteiger partial charge is 0.280 e. The van der Waals surface area contributed by atoms with E-state index in [0.717, 1.165) is 12.1 Å². The third kappa shape index (κ3) is 2.92. The highest BCUT2D eigenvalue weighted by molar-refractivity contribution is 6.05. The van der Waals surface area contributed by atoms with Crippen LogP contribution in [0.2, 0.25) is 0 Å². The van der Waals surface area contributed by atoms with Crippen LogP contribution in [-0.4, -0.2) is 34.1 Å². The first-order chi connectivity index (χ1) is 12.6. The maximum atomic E-state index is 13.3. The molecule has 6 nitrogen and oxygen atoms in total. The Morgan fingerprint density at radius 2 is 2.04 bits per heavy atom. The molecule has 0 atom stereocenters. The van der Waals surface area contributed by atoms with Crippen LogP contribution in [0.3, 0.4) is 0 Å². The van der Waals surface area contributed by atoms with Gasteiger partial charge in [-0.05, 0) is 49.2 Å². The van der Waals surface area contributed by atoms with E-state index in [1.165, 1.54) is 16.8 Å². The second-order valence-electron chi connectivity index (χ2n) is 6.11. The highest BCUT2D eigenvalue weighted by Gasteiger charge is 2.25. The quantitative estimate of drug-likeness (QED) is 0.711. The molecule has 26 heavy (non-hydrogen) atoms. The fraction of sp³-hybridized carbons (Fsp3) is 0.211. The molecule has 2 aromatic carbocycles. The van der Waals surface area contributed by atoms with Gasteiger partial charge < -0.3 is 9.64 Å². The molecule has 0 radical (unpaired) electrons. The Labute approximate surface area is 149 Å². The Kier molecular flexibility index (Phi) is 4.12. The largest absolute Gasteiger partial charge is 0.491 e. The molecule has 0 saturated carbocycles. The average molecular weight is 352 g/mol. The molecular formula is C19H17FN4O2. The van der Waals surface area contributed by atoms with E-state index in [1.54, 1.807) is 24.1 Å². The zero-order valence-electron chi connectivity index (χ0n) is 14.2. The first-order valence-electron chi connectivity index (χ1n) is 8.36. The van der Waals surface area contributed by atoms with Gasteiger partial charge in [0.15, 0.2) is 5.69 Å². The average Bonchev–Trinajstić information content (AvgIpc) is 3.01. The molecule has 0 unspecified atom stereocenters. The van der Waals surface area contributed by atoms with Crippen LogP contribution in [0.4, 0.5) is 10.1 Å². The number of para-hydroxylation sites is 2. The summed E-state index contributed by atoms with van der Waals surface area (Å²) in [6.07, 6.45) is 2.29. The molecule has 1 aliphatic heterocycles. The van der Waals surface area contributed by atoms with E-state index in [0.29, 0.717) is 30.2 Å². The molecule has 0 N–H and O–H groups in total. The van der Waals surface area contributed by atoms with E-state index >= 15 is 0 Å². The lowest BCUT2D eigenvalue weighted by molar-refractivity contribution is 0.0982. The lowest BCUT2D eigenvalue weighted by Gasteiger charge is -2.20. The Morgan fingerprint density at radius 3 is 2.88 bits per heavy atom. The first kappa shape index (κ1) is 16.3. The summed E-state index contributed by atoms with van der Waals surface area (Å²) >= 11 is 0. The summed E-state index contributed by atoms with van der Waals surface area (Å²) in [5, 5.41) is 8.06. The summed E-state index contributed by atoms with van der Waals surface area (Å²) in [4.78, 5) is 14.7. The van der Waals surface area contributed by atoms with Gasteiger partial charge >= 0.3 is 0 Å². The van der Waals surface area contributed by atoms with Crippen LogP contribution in [-0.2, 0) is 0 Å². The van der Waals surface area contributed by atoms with E-state index in [4.69, 9.17) is 4.74 Å². The summed E-state index contributed by atoms with van der Waals surface area (Å²) in [6.45, 7) is 2.88. The van der Waals surface area contributed by atoms with Crippen LogP contribution in [0.5, 0.6) is 5.75 Å². The number of aromatic nitrogens is 3. The SMILES string of the molecule is Cc1cc(F)ccc1-n1cc(C(=O)N2CCCOc3ccccc32)nn1. The van der Waals surface area contributed by atoms with Gasteiger partial charge in [-0.3, -0.25) is 4.79 Å². The molecule has 0 spiro atoms. The predicted octanol–water partition coefficient (Wildman–Crippen LogP) is 3.14. The van der Waals surface area contributed by atoms with E-state index < -0.39 is 0 Å². The van der Waals surface area contributed by atoms with Gasteiger partial charge in [-0.2, -0.15) is 0 Å². The maximum absolute atomic E-state index is 13.3. The summed E-state index contributed by atoms with van der Waals surface area (Å²) in [5.74, 6) is 0.123. The minimum Gasteiger partial charge on any atom is -0.491 e. The monoisotopic (exact) mass is 352 g/mol. The van der Waals surface area contributed by atoms with Crippen LogP contribution in [0.15, 0.2) is 48.7 Å². The lowest BCUT2D eigenvalue weighted by Crippen LogP contribution is -2.31. The highest BCUT2D eigenvalue weighted by atomic mass is 19.1. The van der Waals surface area contributed by atoms with Crippen molar-refractivity contribution in [3.05, 3.63) is 65.7 Å². The number of carbonyl (C=O) groups is 1. The van der Waals surface area contributed by atoms with Crippen LogP contribution in [0, 0.1) is 12.7 Å². The van der Waals surface area contributed by atoms with E-state index in [9.17, 15) is 9.18 Å². The van der Waals surface area contributed by atoms with Gasteiger partial charge in [-0.15, -0.1) is 5.10 Å². The number of amides is 1. The number of hydrogen-bond donors (Lipinski definition) is 0. The standard InChI is InChI=1S/C19H17FN4O2/c1-13-11-14(20)7-8-16(13)24-12-15(21-22-24)19(25)23-9-4-10-26-18-6-3-2-5-17(18)23/h2-3,5-8,11-12H,4,9-10H2,1H3. The minimum atomic E-state index is -0.316. The van der Waals surface area contributed by atoms with Crippen molar-refractivity contribution in [1.29, 1.82) is 0 Å². The Balaban J connectivity index is 1.67. The molecule has 7 heteroatoms. The summed E-state index contributed by atoms with van der Waals surface area (Å²) in [6, 6.07) is 11.8. The Morgan fingerprint density at radius 1 is 1.19 bits per heavy atom. The van der Waals surface area contributed by atoms with E-state index in [2.05, 4.69) is 10.3 Å². The lowest BCUT2D eigenvalue weighted by atomic mass is 10.2. The summed E-state index contributed by atoms with van der Waals surface area (Å²) < 4.78 is 20.5.